The van der Waals surface area contributed by atoms with Crippen LogP contribution in [-0.4, -0.2) is 228 Å². The fourth-order valence-electron chi connectivity index (χ4n) is 7.45. The molecule has 0 radical (unpaired) electrons. The van der Waals surface area contributed by atoms with Gasteiger partial charge in [-0.25, -0.2) is 46.1 Å². The fourth-order valence-corrected chi connectivity index (χ4v) is 10.5. The molecule has 0 bridgehead atoms. The Balaban J connectivity index is 2.63. The first-order chi connectivity index (χ1) is 44.1. The van der Waals surface area contributed by atoms with Gasteiger partial charge in [0.1, 0.15) is 48.6 Å². The number of nitrogens with two attached hydrogens (primary N) is 1. The number of phosphoric ester groups is 5. The van der Waals surface area contributed by atoms with E-state index in [-0.39, 0.29) is 11.3 Å². The molecule has 0 spiro atoms. The lowest BCUT2D eigenvalue weighted by atomic mass is 10.0. The quantitative estimate of drug-likeness (QED) is 0.0275. The summed E-state index contributed by atoms with van der Waals surface area (Å²) in [6.45, 7) is -3.16. The molecule has 0 saturated carbocycles. The third-order valence-corrected chi connectivity index (χ3v) is 15.6. The van der Waals surface area contributed by atoms with Crippen LogP contribution in [0, 0.1) is 0 Å². The average Bonchev–Trinajstić information content (AvgIpc) is 1.74. The third kappa shape index (κ3) is 35.7. The number of hydrogen-bond donors (Lipinski definition) is 25. The summed E-state index contributed by atoms with van der Waals surface area (Å²) >= 11 is 0. The van der Waals surface area contributed by atoms with Crippen LogP contribution in [0.3, 0.4) is 0 Å². The minimum Gasteiger partial charge on any atom is -0.480 e. The monoisotopic (exact) mass is 1540 g/mol. The van der Waals surface area contributed by atoms with E-state index in [1.165, 1.54) is 35.4 Å². The van der Waals surface area contributed by atoms with Gasteiger partial charge in [-0.05, 0) is 25.8 Å². The Hall–Kier alpha value is -6.55. The number of carboxylic acid groups (broad SMARTS) is 1. The number of rotatable bonds is 41. The number of carbonyl (C=O) groups is 11. The Morgan fingerprint density at radius 1 is 0.526 bits per heavy atom. The van der Waals surface area contributed by atoms with Crippen molar-refractivity contribution in [2.45, 2.75) is 106 Å². The first-order valence-corrected chi connectivity index (χ1v) is 37.0. The van der Waals surface area contributed by atoms with Gasteiger partial charge in [0.05, 0.1) is 50.1 Å². The molecule has 1 aromatic heterocycles. The van der Waals surface area contributed by atoms with Gasteiger partial charge in [0.2, 0.25) is 53.2 Å². The van der Waals surface area contributed by atoms with Gasteiger partial charge in [-0.2, -0.15) is 0 Å². The number of carboxylic acids is 1. The number of phosphoric acid groups is 5. The zero-order valence-electron chi connectivity index (χ0n) is 49.2. The van der Waals surface area contributed by atoms with Crippen molar-refractivity contribution in [1.82, 2.24) is 56.9 Å². The van der Waals surface area contributed by atoms with Crippen molar-refractivity contribution in [1.29, 1.82) is 0 Å². The summed E-state index contributed by atoms with van der Waals surface area (Å²) in [7, 11) is -38.7. The number of nitrogens with one attached hydrogen (secondary N) is 9. The van der Waals surface area contributed by atoms with Crippen LogP contribution in [0.25, 0.3) is 0 Å². The summed E-state index contributed by atoms with van der Waals surface area (Å²) in [5.41, 5.74) is 5.71. The number of amides is 9. The van der Waals surface area contributed by atoms with E-state index in [1.807, 2.05) is 31.9 Å². The molecule has 1 aromatic carbocycles. The maximum atomic E-state index is 14.4. The van der Waals surface area contributed by atoms with E-state index in [9.17, 15) is 149 Å². The largest absolute Gasteiger partial charge is 0.526 e. The van der Waals surface area contributed by atoms with Crippen LogP contribution in [0.5, 0.6) is 0 Å². The molecular formula is C40H65N12O38P7. The molecule has 0 fully saturated rings. The van der Waals surface area contributed by atoms with Crippen LogP contribution >= 0.6 is 54.6 Å². The highest BCUT2D eigenvalue weighted by atomic mass is 31.2. The van der Waals surface area contributed by atoms with Gasteiger partial charge in [-0.3, -0.25) is 80.9 Å². The topological polar surface area (TPSA) is 809 Å². The normalized spacial score (nSPS) is 15.5. The number of aliphatic carboxylic acids is 1. The van der Waals surface area contributed by atoms with E-state index in [0.717, 1.165) is 13.1 Å². The number of benzene rings is 1. The van der Waals surface area contributed by atoms with Gasteiger partial charge >= 0.3 is 66.5 Å². The second-order valence-electron chi connectivity index (χ2n) is 19.6. The number of hydrogen-bond acceptors (Lipinski definition) is 25. The van der Waals surface area contributed by atoms with Gasteiger partial charge in [0.25, 0.3) is 0 Å². The first-order valence-electron chi connectivity index (χ1n) is 26.1. The van der Waals surface area contributed by atoms with Crippen LogP contribution < -0.4 is 53.4 Å². The lowest BCUT2D eigenvalue weighted by molar-refractivity contribution is -0.147. The van der Waals surface area contributed by atoms with E-state index in [2.05, 4.69) is 27.6 Å². The van der Waals surface area contributed by atoms with Gasteiger partial charge in [0.15, 0.2) is 0 Å². The average molecular weight is 1540 g/mol. The van der Waals surface area contributed by atoms with Crippen LogP contribution in [0.15, 0.2) is 42.9 Å². The molecule has 0 aliphatic carbocycles. The van der Waals surface area contributed by atoms with Crippen molar-refractivity contribution in [2.75, 3.05) is 19.8 Å². The molecule has 0 saturated heterocycles. The highest BCUT2D eigenvalue weighted by Crippen LogP contribution is 2.41. The van der Waals surface area contributed by atoms with E-state index >= 15 is 0 Å². The molecule has 9 amide bonds. The van der Waals surface area contributed by atoms with Gasteiger partial charge in [-0.1, -0.05) is 30.3 Å². The van der Waals surface area contributed by atoms with Crippen molar-refractivity contribution in [3.63, 3.8) is 0 Å². The van der Waals surface area contributed by atoms with E-state index in [4.69, 9.17) is 15.5 Å². The second kappa shape index (κ2) is 37.0. The zero-order valence-corrected chi connectivity index (χ0v) is 55.4. The lowest BCUT2D eigenvalue weighted by Gasteiger charge is -2.30. The predicted octanol–water partition coefficient (Wildman–Crippen LogP) is -9.24. The molecule has 10 atom stereocenters. The summed E-state index contributed by atoms with van der Waals surface area (Å²) in [5, 5.41) is 25.7. The Bertz CT molecular complexity index is 3530. The SMILES string of the molecule is C[C@@H](OP(=O)(O)O)[C@H](NC(=O)CNC(=O)[C@H](CCC(=O)NP(=O)(O)O)NC(=O)[C@H](COP(=O)(O)O)NC(=O)[C@@H](N)Cc1cn(P(=O)(O)O)cn1)C(=O)N[C@@H](Cc1ccccc1)C(=O)N[C@H](C(=O)N[C@@H](COP(=O)(O)O)C(=O)N[C@@H](CC(=O)OP(=O)(O)O)C(=O)O)[C@@H](C)OP(=O)(O)O. The molecule has 57 heteroatoms. The van der Waals surface area contributed by atoms with E-state index < -0.39 is 232 Å². The van der Waals surface area contributed by atoms with Crippen LogP contribution in [-0.2, 0) is 120 Å². The minimum absolute atomic E-state index is 0.0783. The van der Waals surface area contributed by atoms with E-state index in [0.29, 0.717) is 17.6 Å². The maximum Gasteiger partial charge on any atom is 0.526 e. The highest BCUT2D eigenvalue weighted by Gasteiger charge is 2.41. The Labute approximate surface area is 542 Å². The molecule has 0 aliphatic rings. The minimum atomic E-state index is -5.77. The molecular weight excluding hydrogens is 1470 g/mol. The van der Waals surface area contributed by atoms with Crippen molar-refractivity contribution in [3.05, 3.63) is 54.1 Å². The molecule has 97 heavy (non-hydrogen) atoms. The number of nitrogens with zero attached hydrogens (tertiary/aromatic N) is 2. The molecule has 0 aliphatic heterocycles. The van der Waals surface area contributed by atoms with Crippen LogP contribution in [0.1, 0.15) is 44.4 Å². The molecule has 0 unspecified atom stereocenters. The molecule has 50 nitrogen and oxygen atoms in total. The van der Waals surface area contributed by atoms with Crippen molar-refractivity contribution < 1.29 is 181 Å². The molecule has 1 heterocycles. The lowest BCUT2D eigenvalue weighted by Crippen LogP contribution is -2.63. The fraction of sp³-hybridized carbons (Fsp3) is 0.500. The van der Waals surface area contributed by atoms with Crippen molar-refractivity contribution >= 4 is 120 Å². The standard InChI is InChI=1S/C40H65N12O38P7/c1-18(88-95(77,78)79)31(49-29(54)13-42-34(57)23(8-9-28(53)51-91(65,66)67)44-36(59)26(15-86-93(71,72)73)47-33(56)22(41)11-21-14-52(17-43-21)92(68,69)70)38(61)45-24(10-20-6-4-3-5-7-20)35(58)50-32(19(2)89-96(80,81)82)39(62)48-27(16-87-94(74,75)76)37(60)46-25(40(63)64)12-30(55)90-97(83,84)85/h3-7,14,17-19,22-27,31-32H,8-13,15-16,41H2,1-2H3,(H,42,57)(H,44,59)(H,45,61)(H,46,60)(H,47,56)(H,48,62)(H,49,54)(H,50,58)(H,63,64)(H2,68,69,70)(H2,71,72,73)(H2,74,75,76)(H2,77,78,79)(H2,80,81,82)(H2,83,84,85)(H3,51,53,65,66,67)/t18-,19-,22+,23+,24+,25+,26+,27+,31+,32+/m1/s1. The molecule has 2 aromatic rings. The van der Waals surface area contributed by atoms with Crippen LogP contribution in [0.2, 0.25) is 0 Å². The predicted molar refractivity (Wildman–Crippen MR) is 309 cm³/mol. The molecule has 548 valence electrons. The number of imidazole rings is 1. The summed E-state index contributed by atoms with van der Waals surface area (Å²) in [4.78, 5) is 282. The second-order valence-corrected chi connectivity index (χ2v) is 28.4. The van der Waals surface area contributed by atoms with Crippen molar-refractivity contribution in [2.24, 2.45) is 5.73 Å². The van der Waals surface area contributed by atoms with E-state index in [1.54, 1.807) is 10.6 Å². The molecule has 26 N–H and O–H groups in total. The Kier molecular flexibility index (Phi) is 33.0. The summed E-state index contributed by atoms with van der Waals surface area (Å²) in [6.07, 6.45) is -8.22. The number of aromatic nitrogens is 2. The third-order valence-electron chi connectivity index (χ3n) is 11.6. The van der Waals surface area contributed by atoms with Gasteiger partial charge in [0, 0.05) is 25.5 Å². The number of carbonyl (C=O) groups excluding carboxylic acids is 10. The summed E-state index contributed by atoms with van der Waals surface area (Å²) in [5.74, 6) is -18.9. The Morgan fingerprint density at radius 2 is 0.979 bits per heavy atom. The summed E-state index contributed by atoms with van der Waals surface area (Å²) in [6, 6.07) is -12.0. The highest BCUT2D eigenvalue weighted by molar-refractivity contribution is 7.50. The van der Waals surface area contributed by atoms with Gasteiger partial charge in [-0.15, -0.1) is 0 Å². The molecule has 2 rings (SSSR count). The van der Waals surface area contributed by atoms with Gasteiger partial charge < -0.3 is 117 Å². The maximum absolute atomic E-state index is 14.4. The van der Waals surface area contributed by atoms with Crippen LogP contribution in [0.4, 0.5) is 0 Å². The Morgan fingerprint density at radius 3 is 1.42 bits per heavy atom. The first kappa shape index (κ1) is 86.5. The smallest absolute Gasteiger partial charge is 0.480 e. The van der Waals surface area contributed by atoms with Crippen molar-refractivity contribution in [3.8, 4) is 0 Å². The summed E-state index contributed by atoms with van der Waals surface area (Å²) < 4.78 is 103. The zero-order chi connectivity index (χ0) is 74.6.